The third kappa shape index (κ3) is 5.76. The van der Waals surface area contributed by atoms with Crippen molar-refractivity contribution in [3.8, 4) is 5.75 Å². The van der Waals surface area contributed by atoms with Gasteiger partial charge in [0, 0.05) is 29.7 Å². The van der Waals surface area contributed by atoms with Crippen LogP contribution in [0.25, 0.3) is 10.9 Å². The summed E-state index contributed by atoms with van der Waals surface area (Å²) in [6.45, 7) is 1.06. The lowest BCUT2D eigenvalue weighted by Crippen LogP contribution is -2.39. The van der Waals surface area contributed by atoms with E-state index in [-0.39, 0.29) is 12.1 Å². The number of amides is 2. The third-order valence-corrected chi connectivity index (χ3v) is 6.21. The van der Waals surface area contributed by atoms with Crippen LogP contribution in [0.3, 0.4) is 0 Å². The number of aromatic amines is 1. The van der Waals surface area contributed by atoms with Crippen molar-refractivity contribution >= 4 is 16.9 Å². The standard InChI is InChI=1S/C31H29N3O2/c35-31(34-30(24-12-6-2-7-13-24)25-14-8-3-9-15-25)32-19-18-26-21-33-29-20-27(16-17-28(26)29)36-22-23-10-4-1-5-11-23/h1-17,20-21,30,33H,18-19,22H2,(H2,32,34,35). The number of carbonyl (C=O) groups is 1. The second-order valence-electron chi connectivity index (χ2n) is 8.70. The number of fused-ring (bicyclic) bond motifs is 1. The minimum absolute atomic E-state index is 0.191. The first kappa shape index (κ1) is 23.2. The van der Waals surface area contributed by atoms with Crippen LogP contribution in [0.1, 0.15) is 28.3 Å². The maximum atomic E-state index is 12.8. The molecule has 0 fully saturated rings. The summed E-state index contributed by atoms with van der Waals surface area (Å²) in [6.07, 6.45) is 2.72. The molecule has 0 saturated heterocycles. The van der Waals surface area contributed by atoms with Crippen LogP contribution in [-0.2, 0) is 13.0 Å². The molecule has 2 amide bonds. The average molecular weight is 476 g/mol. The maximum Gasteiger partial charge on any atom is 0.315 e. The maximum absolute atomic E-state index is 12.8. The van der Waals surface area contributed by atoms with Crippen molar-refractivity contribution < 1.29 is 9.53 Å². The van der Waals surface area contributed by atoms with Crippen LogP contribution in [0.5, 0.6) is 5.75 Å². The summed E-state index contributed by atoms with van der Waals surface area (Å²) in [5.41, 5.74) is 5.40. The fourth-order valence-corrected chi connectivity index (χ4v) is 4.35. The Balaban J connectivity index is 1.18. The number of aromatic nitrogens is 1. The fourth-order valence-electron chi connectivity index (χ4n) is 4.35. The molecule has 0 bridgehead atoms. The zero-order chi connectivity index (χ0) is 24.6. The topological polar surface area (TPSA) is 66.2 Å². The summed E-state index contributed by atoms with van der Waals surface area (Å²) >= 11 is 0. The Hall–Kier alpha value is -4.51. The Bertz CT molecular complexity index is 1360. The molecule has 0 aliphatic heterocycles. The molecule has 5 heteroatoms. The molecule has 1 heterocycles. The van der Waals surface area contributed by atoms with Gasteiger partial charge in [-0.15, -0.1) is 0 Å². The number of benzene rings is 4. The van der Waals surface area contributed by atoms with E-state index in [1.165, 1.54) is 0 Å². The molecule has 0 radical (unpaired) electrons. The van der Waals surface area contributed by atoms with Gasteiger partial charge >= 0.3 is 6.03 Å². The molecular weight excluding hydrogens is 446 g/mol. The second-order valence-corrected chi connectivity index (χ2v) is 8.70. The normalized spacial score (nSPS) is 10.9. The highest BCUT2D eigenvalue weighted by Gasteiger charge is 2.16. The first-order valence-corrected chi connectivity index (χ1v) is 12.2. The number of carbonyl (C=O) groups excluding carboxylic acids is 1. The largest absolute Gasteiger partial charge is 0.489 e. The van der Waals surface area contributed by atoms with E-state index in [4.69, 9.17) is 4.74 Å². The van der Waals surface area contributed by atoms with Crippen molar-refractivity contribution in [1.82, 2.24) is 15.6 Å². The summed E-state index contributed by atoms with van der Waals surface area (Å²) in [7, 11) is 0. The predicted octanol–water partition coefficient (Wildman–Crippen LogP) is 6.38. The number of hydrogen-bond acceptors (Lipinski definition) is 2. The van der Waals surface area contributed by atoms with Gasteiger partial charge < -0.3 is 20.4 Å². The second kappa shape index (κ2) is 11.3. The molecule has 0 aliphatic rings. The van der Waals surface area contributed by atoms with Gasteiger partial charge in [-0.2, -0.15) is 0 Å². The molecule has 0 atom stereocenters. The summed E-state index contributed by atoms with van der Waals surface area (Å²) in [4.78, 5) is 16.1. The monoisotopic (exact) mass is 475 g/mol. The number of nitrogens with one attached hydrogen (secondary N) is 3. The molecule has 0 saturated carbocycles. The van der Waals surface area contributed by atoms with Crippen LogP contribution >= 0.6 is 0 Å². The van der Waals surface area contributed by atoms with E-state index >= 15 is 0 Å². The molecule has 36 heavy (non-hydrogen) atoms. The molecule has 4 aromatic carbocycles. The van der Waals surface area contributed by atoms with Crippen LogP contribution in [0.4, 0.5) is 4.79 Å². The number of hydrogen-bond donors (Lipinski definition) is 3. The molecule has 5 nitrogen and oxygen atoms in total. The predicted molar refractivity (Wildman–Crippen MR) is 144 cm³/mol. The average Bonchev–Trinajstić information content (AvgIpc) is 3.34. The summed E-state index contributed by atoms with van der Waals surface area (Å²) < 4.78 is 5.95. The Kier molecular flexibility index (Phi) is 7.28. The smallest absolute Gasteiger partial charge is 0.315 e. The molecule has 5 rings (SSSR count). The van der Waals surface area contributed by atoms with E-state index in [1.807, 2.05) is 97.2 Å². The van der Waals surface area contributed by atoms with Gasteiger partial charge in [0.1, 0.15) is 12.4 Å². The van der Waals surface area contributed by atoms with Crippen molar-refractivity contribution in [2.45, 2.75) is 19.1 Å². The van der Waals surface area contributed by atoms with Gasteiger partial charge in [0.05, 0.1) is 6.04 Å². The molecule has 180 valence electrons. The highest BCUT2D eigenvalue weighted by molar-refractivity contribution is 5.84. The van der Waals surface area contributed by atoms with E-state index in [0.29, 0.717) is 13.2 Å². The van der Waals surface area contributed by atoms with Gasteiger partial charge in [-0.25, -0.2) is 4.79 Å². The van der Waals surface area contributed by atoms with Crippen LogP contribution in [0.2, 0.25) is 0 Å². The van der Waals surface area contributed by atoms with Crippen molar-refractivity contribution in [2.24, 2.45) is 0 Å². The van der Waals surface area contributed by atoms with Crippen molar-refractivity contribution in [3.05, 3.63) is 138 Å². The van der Waals surface area contributed by atoms with E-state index in [1.54, 1.807) is 0 Å². The zero-order valence-electron chi connectivity index (χ0n) is 20.0. The quantitative estimate of drug-likeness (QED) is 0.232. The summed E-state index contributed by atoms with van der Waals surface area (Å²) in [5.74, 6) is 0.824. The lowest BCUT2D eigenvalue weighted by Gasteiger charge is -2.20. The van der Waals surface area contributed by atoms with Crippen LogP contribution < -0.4 is 15.4 Å². The Morgan fingerprint density at radius 2 is 1.44 bits per heavy atom. The van der Waals surface area contributed by atoms with Crippen molar-refractivity contribution in [2.75, 3.05) is 6.54 Å². The van der Waals surface area contributed by atoms with Crippen LogP contribution in [0, 0.1) is 0 Å². The van der Waals surface area contributed by atoms with Gasteiger partial charge in [0.25, 0.3) is 0 Å². The van der Waals surface area contributed by atoms with E-state index in [0.717, 1.165) is 45.3 Å². The highest BCUT2D eigenvalue weighted by atomic mass is 16.5. The van der Waals surface area contributed by atoms with E-state index < -0.39 is 0 Å². The Morgan fingerprint density at radius 3 is 2.11 bits per heavy atom. The number of H-pyrrole nitrogens is 1. The number of ether oxygens (including phenoxy) is 1. The third-order valence-electron chi connectivity index (χ3n) is 6.21. The van der Waals surface area contributed by atoms with Gasteiger partial charge in [-0.3, -0.25) is 0 Å². The fraction of sp³-hybridized carbons (Fsp3) is 0.129. The Labute approximate surface area is 211 Å². The molecule has 3 N–H and O–H groups in total. The van der Waals surface area contributed by atoms with Crippen LogP contribution in [0.15, 0.2) is 115 Å². The van der Waals surface area contributed by atoms with Crippen LogP contribution in [-0.4, -0.2) is 17.6 Å². The van der Waals surface area contributed by atoms with Crippen molar-refractivity contribution in [1.29, 1.82) is 0 Å². The first-order valence-electron chi connectivity index (χ1n) is 12.2. The van der Waals surface area contributed by atoms with Crippen molar-refractivity contribution in [3.63, 3.8) is 0 Å². The number of urea groups is 1. The summed E-state index contributed by atoms with van der Waals surface area (Å²) in [5, 5.41) is 7.28. The molecule has 0 spiro atoms. The van der Waals surface area contributed by atoms with Gasteiger partial charge in [-0.1, -0.05) is 91.0 Å². The van der Waals surface area contributed by atoms with E-state index in [9.17, 15) is 4.79 Å². The lowest BCUT2D eigenvalue weighted by atomic mass is 9.99. The van der Waals surface area contributed by atoms with Gasteiger partial charge in [0.2, 0.25) is 0 Å². The Morgan fingerprint density at radius 1 is 0.806 bits per heavy atom. The molecular formula is C31H29N3O2. The van der Waals surface area contributed by atoms with Gasteiger partial charge in [0.15, 0.2) is 0 Å². The lowest BCUT2D eigenvalue weighted by molar-refractivity contribution is 0.239. The first-order chi connectivity index (χ1) is 17.8. The minimum atomic E-state index is -0.213. The molecule has 0 unspecified atom stereocenters. The molecule has 5 aromatic rings. The SMILES string of the molecule is O=C(NCCc1c[nH]c2cc(OCc3ccccc3)ccc12)NC(c1ccccc1)c1ccccc1. The summed E-state index contributed by atoms with van der Waals surface area (Å²) in [6, 6.07) is 35.8. The highest BCUT2D eigenvalue weighted by Crippen LogP contribution is 2.25. The minimum Gasteiger partial charge on any atom is -0.489 e. The van der Waals surface area contributed by atoms with Gasteiger partial charge in [-0.05, 0) is 40.8 Å². The number of rotatable bonds is 9. The molecule has 0 aliphatic carbocycles. The molecule has 1 aromatic heterocycles. The zero-order valence-corrected chi connectivity index (χ0v) is 20.0. The van der Waals surface area contributed by atoms with E-state index in [2.05, 4.69) is 33.8 Å².